The van der Waals surface area contributed by atoms with Gasteiger partial charge in [0.2, 0.25) is 5.91 Å². The second-order valence-corrected chi connectivity index (χ2v) is 7.65. The number of aliphatic carboxylic acids is 1. The molecule has 2 aliphatic rings. The lowest BCUT2D eigenvalue weighted by Gasteiger charge is -2.34. The van der Waals surface area contributed by atoms with Gasteiger partial charge in [-0.15, -0.1) is 0 Å². The quantitative estimate of drug-likeness (QED) is 0.759. The molecule has 0 saturated carbocycles. The predicted molar refractivity (Wildman–Crippen MR) is 107 cm³/mol. The SMILES string of the molecule is CCN1CCN(CCC(=O)N2C[C@H](C(=O)O)[C@@H](c3ccc(OC)cc3)C2)CC1. The first-order valence-electron chi connectivity index (χ1n) is 10.1. The zero-order chi connectivity index (χ0) is 20.1. The van der Waals surface area contributed by atoms with Gasteiger partial charge in [-0.3, -0.25) is 9.59 Å². The monoisotopic (exact) mass is 389 g/mol. The Labute approximate surface area is 166 Å². The highest BCUT2D eigenvalue weighted by Crippen LogP contribution is 2.34. The van der Waals surface area contributed by atoms with E-state index in [1.165, 1.54) is 0 Å². The number of likely N-dealkylation sites (N-methyl/N-ethyl adjacent to an activating group) is 1. The molecule has 2 fully saturated rings. The van der Waals surface area contributed by atoms with Crippen LogP contribution in [0.5, 0.6) is 5.75 Å². The molecule has 1 aromatic carbocycles. The molecule has 1 N–H and O–H groups in total. The number of amides is 1. The number of methoxy groups -OCH3 is 1. The maximum Gasteiger partial charge on any atom is 0.308 e. The third-order valence-electron chi connectivity index (χ3n) is 6.09. The third kappa shape index (κ3) is 4.83. The van der Waals surface area contributed by atoms with Gasteiger partial charge in [0.05, 0.1) is 13.0 Å². The first-order valence-corrected chi connectivity index (χ1v) is 10.1. The molecule has 0 spiro atoms. The number of hydrogen-bond donors (Lipinski definition) is 1. The molecule has 28 heavy (non-hydrogen) atoms. The molecule has 1 amide bonds. The molecule has 154 valence electrons. The Morgan fingerprint density at radius 3 is 2.29 bits per heavy atom. The van der Waals surface area contributed by atoms with E-state index in [9.17, 15) is 14.7 Å². The summed E-state index contributed by atoms with van der Waals surface area (Å²) in [5, 5.41) is 9.65. The summed E-state index contributed by atoms with van der Waals surface area (Å²) in [6, 6.07) is 7.49. The number of carboxylic acid groups (broad SMARTS) is 1. The Bertz CT molecular complexity index is 671. The predicted octanol–water partition coefficient (Wildman–Crippen LogP) is 1.35. The van der Waals surface area contributed by atoms with Crippen molar-refractivity contribution in [2.24, 2.45) is 5.92 Å². The van der Waals surface area contributed by atoms with Crippen molar-refractivity contribution in [3.05, 3.63) is 29.8 Å². The van der Waals surface area contributed by atoms with E-state index in [1.807, 2.05) is 24.3 Å². The molecule has 0 unspecified atom stereocenters. The van der Waals surface area contributed by atoms with Gasteiger partial charge in [-0.05, 0) is 24.2 Å². The molecule has 3 rings (SSSR count). The smallest absolute Gasteiger partial charge is 0.308 e. The van der Waals surface area contributed by atoms with Gasteiger partial charge in [0.25, 0.3) is 0 Å². The molecule has 2 aliphatic heterocycles. The lowest BCUT2D eigenvalue weighted by Crippen LogP contribution is -2.47. The Kier molecular flexibility index (Phi) is 6.91. The van der Waals surface area contributed by atoms with Gasteiger partial charge in [-0.1, -0.05) is 19.1 Å². The molecule has 7 heteroatoms. The number of carboxylic acids is 1. The van der Waals surface area contributed by atoms with Crippen molar-refractivity contribution >= 4 is 11.9 Å². The first kappa shape index (κ1) is 20.6. The number of ether oxygens (including phenoxy) is 1. The highest BCUT2D eigenvalue weighted by molar-refractivity contribution is 5.79. The number of benzene rings is 1. The molecule has 0 aliphatic carbocycles. The molecule has 7 nitrogen and oxygen atoms in total. The van der Waals surface area contributed by atoms with Crippen molar-refractivity contribution in [2.75, 3.05) is 59.5 Å². The molecule has 2 atom stereocenters. The zero-order valence-electron chi connectivity index (χ0n) is 16.8. The van der Waals surface area contributed by atoms with Gasteiger partial charge in [0, 0.05) is 58.2 Å². The molecule has 0 aromatic heterocycles. The first-order chi connectivity index (χ1) is 13.5. The highest BCUT2D eigenvalue weighted by Gasteiger charge is 2.40. The van der Waals surface area contributed by atoms with Crippen LogP contribution < -0.4 is 4.74 Å². The van der Waals surface area contributed by atoms with E-state index in [0.29, 0.717) is 13.0 Å². The fourth-order valence-corrected chi connectivity index (χ4v) is 4.19. The fourth-order valence-electron chi connectivity index (χ4n) is 4.19. The van der Waals surface area contributed by atoms with Crippen LogP contribution in [0.1, 0.15) is 24.8 Å². The lowest BCUT2D eigenvalue weighted by atomic mass is 9.89. The Morgan fingerprint density at radius 2 is 1.71 bits per heavy atom. The van der Waals surface area contributed by atoms with Crippen LogP contribution in [0, 0.1) is 5.92 Å². The van der Waals surface area contributed by atoms with E-state index >= 15 is 0 Å². The summed E-state index contributed by atoms with van der Waals surface area (Å²) in [7, 11) is 1.60. The van der Waals surface area contributed by atoms with Gasteiger partial charge in [0.1, 0.15) is 5.75 Å². The average Bonchev–Trinajstić information content (AvgIpc) is 3.18. The molecule has 0 radical (unpaired) electrons. The maximum atomic E-state index is 12.7. The van der Waals surface area contributed by atoms with Crippen LogP contribution in [0.3, 0.4) is 0 Å². The maximum absolute atomic E-state index is 12.7. The standard InChI is InChI=1S/C21H31N3O4/c1-3-22-10-12-23(13-11-22)9-8-20(25)24-14-18(19(15-24)21(26)27)16-4-6-17(28-2)7-5-16/h4-7,18-19H,3,8-15H2,1-2H3,(H,26,27)/t18-,19+/m1/s1. The second kappa shape index (κ2) is 9.39. The topological polar surface area (TPSA) is 73.3 Å². The zero-order valence-corrected chi connectivity index (χ0v) is 16.8. The van der Waals surface area contributed by atoms with Gasteiger partial charge in [-0.2, -0.15) is 0 Å². The van der Waals surface area contributed by atoms with Crippen molar-refractivity contribution in [1.29, 1.82) is 0 Å². The van der Waals surface area contributed by atoms with Crippen LogP contribution in [0.25, 0.3) is 0 Å². The molecule has 2 saturated heterocycles. The largest absolute Gasteiger partial charge is 0.497 e. The van der Waals surface area contributed by atoms with E-state index < -0.39 is 11.9 Å². The van der Waals surface area contributed by atoms with Crippen LogP contribution in [0.2, 0.25) is 0 Å². The normalized spacial score (nSPS) is 23.7. The van der Waals surface area contributed by atoms with Crippen molar-refractivity contribution in [1.82, 2.24) is 14.7 Å². The average molecular weight is 389 g/mol. The number of piperazine rings is 1. The number of hydrogen-bond acceptors (Lipinski definition) is 5. The molecule has 2 heterocycles. The minimum Gasteiger partial charge on any atom is -0.497 e. The van der Waals surface area contributed by atoms with E-state index in [-0.39, 0.29) is 18.4 Å². The van der Waals surface area contributed by atoms with E-state index in [1.54, 1.807) is 12.0 Å². The molecular weight excluding hydrogens is 358 g/mol. The van der Waals surface area contributed by atoms with Crippen molar-refractivity contribution in [3.8, 4) is 5.75 Å². The summed E-state index contributed by atoms with van der Waals surface area (Å²) < 4.78 is 5.18. The van der Waals surface area contributed by atoms with Gasteiger partial charge in [0.15, 0.2) is 0 Å². The summed E-state index contributed by atoms with van der Waals surface area (Å²) in [5.74, 6) is -0.789. The van der Waals surface area contributed by atoms with E-state index in [4.69, 9.17) is 4.74 Å². The number of carbonyl (C=O) groups excluding carboxylic acids is 1. The van der Waals surface area contributed by atoms with Gasteiger partial charge >= 0.3 is 5.97 Å². The van der Waals surface area contributed by atoms with Crippen molar-refractivity contribution < 1.29 is 19.4 Å². The van der Waals surface area contributed by atoms with E-state index in [2.05, 4.69) is 16.7 Å². The van der Waals surface area contributed by atoms with Crippen LogP contribution in [0.4, 0.5) is 0 Å². The highest BCUT2D eigenvalue weighted by atomic mass is 16.5. The molecule has 0 bridgehead atoms. The Balaban J connectivity index is 1.56. The van der Waals surface area contributed by atoms with Gasteiger partial charge in [-0.25, -0.2) is 0 Å². The summed E-state index contributed by atoms with van der Waals surface area (Å²) in [6.45, 7) is 8.83. The van der Waals surface area contributed by atoms with Gasteiger partial charge < -0.3 is 24.5 Å². The lowest BCUT2D eigenvalue weighted by molar-refractivity contribution is -0.141. The number of carbonyl (C=O) groups is 2. The van der Waals surface area contributed by atoms with Crippen molar-refractivity contribution in [2.45, 2.75) is 19.3 Å². The number of nitrogens with zero attached hydrogens (tertiary/aromatic N) is 3. The second-order valence-electron chi connectivity index (χ2n) is 7.65. The van der Waals surface area contributed by atoms with Crippen LogP contribution in [0.15, 0.2) is 24.3 Å². The summed E-state index contributed by atoms with van der Waals surface area (Å²) >= 11 is 0. The third-order valence-corrected chi connectivity index (χ3v) is 6.09. The van der Waals surface area contributed by atoms with Crippen LogP contribution >= 0.6 is 0 Å². The fraction of sp³-hybridized carbons (Fsp3) is 0.619. The minimum atomic E-state index is -0.841. The summed E-state index contributed by atoms with van der Waals surface area (Å²) in [4.78, 5) is 31.0. The Morgan fingerprint density at radius 1 is 1.07 bits per heavy atom. The number of likely N-dealkylation sites (tertiary alicyclic amines) is 1. The van der Waals surface area contributed by atoms with E-state index in [0.717, 1.165) is 50.6 Å². The minimum absolute atomic E-state index is 0.0557. The van der Waals surface area contributed by atoms with Crippen LogP contribution in [-0.4, -0.2) is 91.2 Å². The van der Waals surface area contributed by atoms with Crippen LogP contribution in [-0.2, 0) is 9.59 Å². The Hall–Kier alpha value is -2.12. The molecule has 1 aromatic rings. The number of rotatable bonds is 7. The molecular formula is C21H31N3O4. The van der Waals surface area contributed by atoms with Crippen molar-refractivity contribution in [3.63, 3.8) is 0 Å². The summed E-state index contributed by atoms with van der Waals surface area (Å²) in [6.07, 6.45) is 0.452. The summed E-state index contributed by atoms with van der Waals surface area (Å²) in [5.41, 5.74) is 0.944.